The van der Waals surface area contributed by atoms with Crippen molar-refractivity contribution in [1.82, 2.24) is 15.4 Å². The molecule has 1 saturated heterocycles. The van der Waals surface area contributed by atoms with E-state index in [-0.39, 0.29) is 23.8 Å². The Kier molecular flexibility index (Phi) is 11.2. The Bertz CT molecular complexity index is 1470. The molecule has 1 atom stereocenters. The minimum atomic E-state index is -0.680. The van der Waals surface area contributed by atoms with Gasteiger partial charge in [-0.05, 0) is 116 Å². The van der Waals surface area contributed by atoms with E-state index in [9.17, 15) is 14.4 Å². The van der Waals surface area contributed by atoms with Crippen LogP contribution in [0.5, 0.6) is 5.75 Å². The van der Waals surface area contributed by atoms with Crippen LogP contribution in [-0.2, 0) is 38.7 Å². The Hall–Kier alpha value is -4.21. The van der Waals surface area contributed by atoms with Crippen LogP contribution >= 0.6 is 0 Å². The third kappa shape index (κ3) is 8.93. The van der Waals surface area contributed by atoms with Gasteiger partial charge in [0.05, 0.1) is 18.8 Å². The number of nitrogens with zero attached hydrogens (tertiary/aromatic N) is 2. The van der Waals surface area contributed by atoms with E-state index in [1.807, 2.05) is 0 Å². The number of carbonyl (C=O) groups is 3. The largest absolute Gasteiger partial charge is 0.494 e. The molecule has 3 aromatic carbocycles. The first-order chi connectivity index (χ1) is 21.9. The van der Waals surface area contributed by atoms with Crippen molar-refractivity contribution < 1.29 is 28.8 Å². The van der Waals surface area contributed by atoms with Gasteiger partial charge in [0.25, 0.3) is 5.91 Å². The normalized spacial score (nSPS) is 16.0. The molecule has 1 fully saturated rings. The molecule has 1 heterocycles. The molecule has 0 radical (unpaired) electrons. The number of hydrogen-bond acceptors (Lipinski definition) is 7. The van der Waals surface area contributed by atoms with Gasteiger partial charge in [0.15, 0.2) is 0 Å². The van der Waals surface area contributed by atoms with Crippen molar-refractivity contribution in [3.63, 3.8) is 0 Å². The van der Waals surface area contributed by atoms with E-state index in [0.717, 1.165) is 43.5 Å². The number of fused-ring (bicyclic) bond motifs is 2. The molecule has 1 N–H and O–H groups in total. The molecule has 9 nitrogen and oxygen atoms in total. The first-order valence-corrected chi connectivity index (χ1v) is 15.9. The first kappa shape index (κ1) is 32.2. The highest BCUT2D eigenvalue weighted by atomic mass is 17.0. The molecule has 0 spiro atoms. The average Bonchev–Trinajstić information content (AvgIpc) is 3.20. The van der Waals surface area contributed by atoms with E-state index >= 15 is 0 Å². The molecule has 2 amide bonds. The molecule has 1 unspecified atom stereocenters. The summed E-state index contributed by atoms with van der Waals surface area (Å²) < 4.78 is 6.08. The lowest BCUT2D eigenvalue weighted by molar-refractivity contribution is -0.320. The SMILES string of the molecule is CN(C)CCCC1c2ccccc2CCc2cc(OCCCC(=O)NCc3ccc(C(=O)ON4OCCCC4=O)cc3)ccc21. The van der Waals surface area contributed by atoms with Crippen molar-refractivity contribution >= 4 is 17.8 Å². The summed E-state index contributed by atoms with van der Waals surface area (Å²) in [5.41, 5.74) is 6.77. The molecule has 0 saturated carbocycles. The van der Waals surface area contributed by atoms with Crippen LogP contribution in [-0.4, -0.2) is 61.8 Å². The first-order valence-electron chi connectivity index (χ1n) is 15.9. The maximum atomic E-state index is 12.5. The number of rotatable bonds is 13. The number of nitrogens with one attached hydrogen (secondary N) is 1. The summed E-state index contributed by atoms with van der Waals surface area (Å²) >= 11 is 0. The van der Waals surface area contributed by atoms with E-state index < -0.39 is 5.97 Å². The van der Waals surface area contributed by atoms with E-state index in [1.54, 1.807) is 24.3 Å². The summed E-state index contributed by atoms with van der Waals surface area (Å²) in [5.74, 6) is 0.107. The monoisotopic (exact) mass is 613 g/mol. The van der Waals surface area contributed by atoms with Crippen molar-refractivity contribution in [2.24, 2.45) is 0 Å². The third-order valence-electron chi connectivity index (χ3n) is 8.29. The quantitative estimate of drug-likeness (QED) is 0.259. The standard InChI is InChI=1S/C36H43N3O6/c1-38(2)21-5-10-33-31-9-4-3-8-27(31)17-18-29-24-30(19-20-32(29)33)43-22-6-11-34(40)37-25-26-13-15-28(16-14-26)36(42)45-39-35(41)12-7-23-44-39/h3-4,8-9,13-16,19-20,24,33H,5-7,10-12,17-18,21-23,25H2,1-2H3,(H,37,40). The van der Waals surface area contributed by atoms with Crippen LogP contribution in [0.1, 0.15) is 82.6 Å². The predicted molar refractivity (Wildman–Crippen MR) is 170 cm³/mol. The Labute approximate surface area is 265 Å². The lowest BCUT2D eigenvalue weighted by Crippen LogP contribution is -2.37. The van der Waals surface area contributed by atoms with Crippen molar-refractivity contribution in [3.8, 4) is 5.75 Å². The van der Waals surface area contributed by atoms with Crippen molar-refractivity contribution in [2.45, 2.75) is 63.8 Å². The van der Waals surface area contributed by atoms with Crippen LogP contribution in [0, 0.1) is 0 Å². The minimum absolute atomic E-state index is 0.0666. The van der Waals surface area contributed by atoms with Gasteiger partial charge >= 0.3 is 5.97 Å². The number of benzene rings is 3. The van der Waals surface area contributed by atoms with Gasteiger partial charge in [-0.1, -0.05) is 42.5 Å². The van der Waals surface area contributed by atoms with E-state index in [1.165, 1.54) is 22.3 Å². The number of ether oxygens (including phenoxy) is 1. The zero-order valence-electron chi connectivity index (χ0n) is 26.3. The number of hydroxylamine groups is 2. The molecule has 0 aromatic heterocycles. The number of amides is 2. The van der Waals surface area contributed by atoms with E-state index in [0.29, 0.717) is 50.2 Å². The van der Waals surface area contributed by atoms with Crippen molar-refractivity contribution in [2.75, 3.05) is 33.9 Å². The predicted octanol–water partition coefficient (Wildman–Crippen LogP) is 5.36. The molecule has 2 aliphatic rings. The highest BCUT2D eigenvalue weighted by Gasteiger charge is 2.25. The third-order valence-corrected chi connectivity index (χ3v) is 8.29. The zero-order valence-corrected chi connectivity index (χ0v) is 26.3. The van der Waals surface area contributed by atoms with Crippen LogP contribution in [0.2, 0.25) is 0 Å². The molecule has 3 aromatic rings. The fourth-order valence-electron chi connectivity index (χ4n) is 5.90. The zero-order chi connectivity index (χ0) is 31.6. The van der Waals surface area contributed by atoms with Crippen LogP contribution in [0.4, 0.5) is 0 Å². The Morgan fingerprint density at radius 3 is 2.53 bits per heavy atom. The summed E-state index contributed by atoms with van der Waals surface area (Å²) in [6.45, 7) is 2.20. The van der Waals surface area contributed by atoms with Gasteiger partial charge in [-0.2, -0.15) is 0 Å². The topological polar surface area (TPSA) is 97.4 Å². The van der Waals surface area contributed by atoms with Gasteiger partial charge in [0, 0.05) is 25.3 Å². The fourth-order valence-corrected chi connectivity index (χ4v) is 5.90. The lowest BCUT2D eigenvalue weighted by atomic mass is 9.84. The maximum Gasteiger partial charge on any atom is 0.366 e. The molecule has 1 aliphatic carbocycles. The summed E-state index contributed by atoms with van der Waals surface area (Å²) in [7, 11) is 4.25. The van der Waals surface area contributed by atoms with Gasteiger partial charge < -0.3 is 19.8 Å². The second-order valence-electron chi connectivity index (χ2n) is 11.9. The van der Waals surface area contributed by atoms with Gasteiger partial charge in [-0.3, -0.25) is 9.59 Å². The summed E-state index contributed by atoms with van der Waals surface area (Å²) in [6.07, 6.45) is 6.10. The molecule has 9 heteroatoms. The Morgan fingerprint density at radius 2 is 1.73 bits per heavy atom. The average molecular weight is 614 g/mol. The Morgan fingerprint density at radius 1 is 0.956 bits per heavy atom. The van der Waals surface area contributed by atoms with E-state index in [4.69, 9.17) is 14.4 Å². The number of hydrogen-bond donors (Lipinski definition) is 1. The van der Waals surface area contributed by atoms with Gasteiger partial charge in [-0.15, -0.1) is 0 Å². The van der Waals surface area contributed by atoms with Gasteiger partial charge in [0.2, 0.25) is 5.91 Å². The lowest BCUT2D eigenvalue weighted by Gasteiger charge is -2.23. The van der Waals surface area contributed by atoms with Gasteiger partial charge in [-0.25, -0.2) is 9.63 Å². The minimum Gasteiger partial charge on any atom is -0.494 e. The van der Waals surface area contributed by atoms with E-state index in [2.05, 4.69) is 66.8 Å². The fraction of sp³-hybridized carbons (Fsp3) is 0.417. The summed E-state index contributed by atoms with van der Waals surface area (Å²) in [5, 5.41) is 3.57. The molecular weight excluding hydrogens is 570 g/mol. The highest BCUT2D eigenvalue weighted by Crippen LogP contribution is 2.38. The second-order valence-corrected chi connectivity index (χ2v) is 11.9. The van der Waals surface area contributed by atoms with Crippen LogP contribution in [0.25, 0.3) is 0 Å². The smallest absolute Gasteiger partial charge is 0.366 e. The molecule has 1 aliphatic heterocycles. The highest BCUT2D eigenvalue weighted by molar-refractivity contribution is 5.90. The summed E-state index contributed by atoms with van der Waals surface area (Å²) in [6, 6.07) is 22.0. The number of aryl methyl sites for hydroxylation is 2. The molecule has 238 valence electrons. The molecule has 45 heavy (non-hydrogen) atoms. The maximum absolute atomic E-state index is 12.5. The number of carbonyl (C=O) groups excluding carboxylic acids is 3. The molecule has 5 rings (SSSR count). The summed E-state index contributed by atoms with van der Waals surface area (Å²) in [4.78, 5) is 48.9. The van der Waals surface area contributed by atoms with Crippen molar-refractivity contribution in [1.29, 1.82) is 0 Å². The van der Waals surface area contributed by atoms with Crippen molar-refractivity contribution in [3.05, 3.63) is 100 Å². The van der Waals surface area contributed by atoms with Gasteiger partial charge in [0.1, 0.15) is 5.75 Å². The molecule has 0 bridgehead atoms. The molecular formula is C36H43N3O6. The Balaban J connectivity index is 1.06. The van der Waals surface area contributed by atoms with Crippen LogP contribution < -0.4 is 10.1 Å². The van der Waals surface area contributed by atoms with Crippen LogP contribution in [0.15, 0.2) is 66.7 Å². The van der Waals surface area contributed by atoms with Crippen LogP contribution in [0.3, 0.4) is 0 Å². The second kappa shape index (κ2) is 15.7.